The van der Waals surface area contributed by atoms with Crippen molar-refractivity contribution in [2.24, 2.45) is 0 Å². The van der Waals surface area contributed by atoms with Crippen LogP contribution in [0.3, 0.4) is 0 Å². The summed E-state index contributed by atoms with van der Waals surface area (Å²) in [7, 11) is 1.54. The zero-order valence-corrected chi connectivity index (χ0v) is 20.3. The molecule has 3 heterocycles. The molecule has 0 fully saturated rings. The van der Waals surface area contributed by atoms with Crippen molar-refractivity contribution in [2.75, 3.05) is 12.0 Å². The fourth-order valence-corrected chi connectivity index (χ4v) is 5.68. The third-order valence-corrected chi connectivity index (χ3v) is 7.63. The quantitative estimate of drug-likeness (QED) is 0.513. The number of nitrogens with zero attached hydrogens (tertiary/aromatic N) is 3. The maximum Gasteiger partial charge on any atom is 0.296 e. The van der Waals surface area contributed by atoms with Crippen LogP contribution in [0, 0.1) is 20.8 Å². The van der Waals surface area contributed by atoms with Crippen LogP contribution in [0.15, 0.2) is 35.6 Å². The molecule has 1 aromatic carbocycles. The number of aryl methyl sites for hydroxylation is 3. The molecule has 4 rings (SSSR count). The largest absolute Gasteiger partial charge is 0.503 e. The SMILES string of the molecule is COc1ccc(C2C(C(=O)c3sc(C)nc3C)=C(O)C(=O)N2c2nc(C)c(C(C)=O)s2)cc1. The summed E-state index contributed by atoms with van der Waals surface area (Å²) in [5.74, 6) is -1.42. The smallest absolute Gasteiger partial charge is 0.296 e. The van der Waals surface area contributed by atoms with Crippen molar-refractivity contribution in [3.8, 4) is 5.75 Å². The second kappa shape index (κ2) is 8.53. The predicted molar refractivity (Wildman–Crippen MR) is 126 cm³/mol. The minimum atomic E-state index is -0.928. The van der Waals surface area contributed by atoms with Crippen molar-refractivity contribution in [1.29, 1.82) is 0 Å². The van der Waals surface area contributed by atoms with Crippen LogP contribution in [0.4, 0.5) is 5.13 Å². The van der Waals surface area contributed by atoms with Crippen molar-refractivity contribution in [2.45, 2.75) is 33.7 Å². The number of methoxy groups -OCH3 is 1. The molecule has 8 nitrogen and oxygen atoms in total. The van der Waals surface area contributed by atoms with E-state index >= 15 is 0 Å². The van der Waals surface area contributed by atoms with Gasteiger partial charge < -0.3 is 9.84 Å². The molecule has 0 spiro atoms. The maximum absolute atomic E-state index is 13.6. The van der Waals surface area contributed by atoms with Crippen LogP contribution in [-0.4, -0.2) is 39.7 Å². The fourth-order valence-electron chi connectivity index (χ4n) is 3.81. The van der Waals surface area contributed by atoms with Gasteiger partial charge in [0.05, 0.1) is 44.9 Å². The van der Waals surface area contributed by atoms with Crippen molar-refractivity contribution in [3.63, 3.8) is 0 Å². The van der Waals surface area contributed by atoms with Gasteiger partial charge in [-0.2, -0.15) is 0 Å². The number of amides is 1. The van der Waals surface area contributed by atoms with E-state index in [2.05, 4.69) is 9.97 Å². The summed E-state index contributed by atoms with van der Waals surface area (Å²) < 4.78 is 5.23. The first-order valence-corrected chi connectivity index (χ1v) is 11.6. The maximum atomic E-state index is 13.6. The minimum absolute atomic E-state index is 0.0471. The van der Waals surface area contributed by atoms with Crippen LogP contribution >= 0.6 is 22.7 Å². The molecule has 0 radical (unpaired) electrons. The molecule has 1 amide bonds. The van der Waals surface area contributed by atoms with Crippen molar-refractivity contribution in [1.82, 2.24) is 9.97 Å². The van der Waals surface area contributed by atoms with Gasteiger partial charge in [0.15, 0.2) is 16.7 Å². The molecule has 1 aliphatic rings. The van der Waals surface area contributed by atoms with E-state index in [0.717, 1.165) is 11.3 Å². The van der Waals surface area contributed by atoms with E-state index in [1.54, 1.807) is 45.0 Å². The Hall–Kier alpha value is -3.37. The summed E-state index contributed by atoms with van der Waals surface area (Å²) in [5, 5.41) is 11.8. The summed E-state index contributed by atoms with van der Waals surface area (Å²) in [6.07, 6.45) is 0. The molecule has 33 heavy (non-hydrogen) atoms. The molecule has 0 saturated carbocycles. The number of rotatable bonds is 6. The van der Waals surface area contributed by atoms with Gasteiger partial charge in [0.25, 0.3) is 5.91 Å². The van der Waals surface area contributed by atoms with Gasteiger partial charge in [-0.25, -0.2) is 9.97 Å². The lowest BCUT2D eigenvalue weighted by molar-refractivity contribution is -0.117. The lowest BCUT2D eigenvalue weighted by Gasteiger charge is -2.24. The Morgan fingerprint density at radius 1 is 1.03 bits per heavy atom. The van der Waals surface area contributed by atoms with E-state index in [1.807, 2.05) is 0 Å². The zero-order chi connectivity index (χ0) is 24.0. The fraction of sp³-hybridized carbons (Fsp3) is 0.261. The average Bonchev–Trinajstić information content (AvgIpc) is 3.41. The van der Waals surface area contributed by atoms with Crippen molar-refractivity contribution < 1.29 is 24.2 Å². The van der Waals surface area contributed by atoms with Crippen LogP contribution in [0.25, 0.3) is 0 Å². The van der Waals surface area contributed by atoms with Gasteiger partial charge in [0, 0.05) is 6.92 Å². The Kier molecular flexibility index (Phi) is 5.89. The molecule has 1 atom stereocenters. The highest BCUT2D eigenvalue weighted by Gasteiger charge is 2.46. The van der Waals surface area contributed by atoms with E-state index in [0.29, 0.717) is 37.5 Å². The Labute approximate surface area is 198 Å². The second-order valence-corrected chi connectivity index (χ2v) is 9.74. The van der Waals surface area contributed by atoms with Crippen LogP contribution in [0.5, 0.6) is 5.75 Å². The first-order valence-electron chi connectivity index (χ1n) is 10.0. The molecular weight excluding hydrogens is 462 g/mol. The normalized spacial score (nSPS) is 16.0. The van der Waals surface area contributed by atoms with Crippen LogP contribution in [0.2, 0.25) is 0 Å². The number of aromatic nitrogens is 2. The molecule has 1 unspecified atom stereocenters. The number of hydrogen-bond donors (Lipinski definition) is 1. The Morgan fingerprint density at radius 2 is 1.67 bits per heavy atom. The second-order valence-electron chi connectivity index (χ2n) is 7.56. The minimum Gasteiger partial charge on any atom is -0.503 e. The molecule has 0 saturated heterocycles. The van der Waals surface area contributed by atoms with E-state index in [9.17, 15) is 19.5 Å². The predicted octanol–water partition coefficient (Wildman–Crippen LogP) is 4.52. The number of ether oxygens (including phenoxy) is 1. The molecule has 2 aromatic heterocycles. The standard InChI is InChI=1S/C23H21N3O5S2/c1-10-20(12(3)27)33-23(25-10)26-17(14-6-8-15(31-5)9-7-14)16(19(29)22(26)30)18(28)21-11(2)24-13(4)32-21/h6-9,17,29H,1-5H3. The van der Waals surface area contributed by atoms with Crippen molar-refractivity contribution in [3.05, 3.63) is 67.3 Å². The number of Topliss-reactive ketones (excluding diaryl/α,β-unsaturated/α-hetero) is 2. The third-order valence-electron chi connectivity index (χ3n) is 5.31. The molecule has 0 aliphatic carbocycles. The molecule has 0 bridgehead atoms. The third kappa shape index (κ3) is 3.85. The van der Waals surface area contributed by atoms with Crippen LogP contribution in [0.1, 0.15) is 54.3 Å². The van der Waals surface area contributed by atoms with Gasteiger partial charge in [-0.15, -0.1) is 11.3 Å². The van der Waals surface area contributed by atoms with Gasteiger partial charge >= 0.3 is 0 Å². The lowest BCUT2D eigenvalue weighted by atomic mass is 9.95. The number of aliphatic hydroxyl groups is 1. The number of anilines is 1. The first-order chi connectivity index (χ1) is 15.6. The lowest BCUT2D eigenvalue weighted by Crippen LogP contribution is -2.31. The summed E-state index contributed by atoms with van der Waals surface area (Å²) in [6.45, 7) is 6.62. The van der Waals surface area contributed by atoms with E-state index in [1.165, 1.54) is 30.3 Å². The molecule has 170 valence electrons. The number of carbonyl (C=O) groups is 3. The molecular formula is C23H21N3O5S2. The summed E-state index contributed by atoms with van der Waals surface area (Å²) in [5.41, 5.74) is 1.56. The van der Waals surface area contributed by atoms with Crippen LogP contribution < -0.4 is 9.64 Å². The number of carbonyl (C=O) groups excluding carboxylic acids is 3. The Balaban J connectivity index is 1.89. The van der Waals surface area contributed by atoms with Crippen molar-refractivity contribution >= 4 is 45.3 Å². The zero-order valence-electron chi connectivity index (χ0n) is 18.6. The Morgan fingerprint density at radius 3 is 2.18 bits per heavy atom. The Bertz CT molecular complexity index is 1320. The molecule has 3 aromatic rings. The number of ketones is 2. The monoisotopic (exact) mass is 483 g/mol. The summed E-state index contributed by atoms with van der Waals surface area (Å²) in [4.78, 5) is 49.6. The first kappa shape index (κ1) is 22.8. The van der Waals surface area contributed by atoms with Gasteiger partial charge in [-0.3, -0.25) is 19.3 Å². The highest BCUT2D eigenvalue weighted by Crippen LogP contribution is 2.44. The highest BCUT2D eigenvalue weighted by molar-refractivity contribution is 7.17. The topological polar surface area (TPSA) is 110 Å². The molecule has 1 N–H and O–H groups in total. The van der Waals surface area contributed by atoms with E-state index < -0.39 is 23.5 Å². The van der Waals surface area contributed by atoms with E-state index in [-0.39, 0.29) is 16.5 Å². The summed E-state index contributed by atoms with van der Waals surface area (Å²) >= 11 is 2.26. The molecule has 10 heteroatoms. The number of aliphatic hydroxyl groups excluding tert-OH is 1. The van der Waals surface area contributed by atoms with Crippen LogP contribution in [-0.2, 0) is 4.79 Å². The van der Waals surface area contributed by atoms with Gasteiger partial charge in [-0.1, -0.05) is 23.5 Å². The highest BCUT2D eigenvalue weighted by atomic mass is 32.1. The van der Waals surface area contributed by atoms with Gasteiger partial charge in [-0.05, 0) is 38.5 Å². The summed E-state index contributed by atoms with van der Waals surface area (Å²) in [6, 6.07) is 5.96. The van der Waals surface area contributed by atoms with Gasteiger partial charge in [0.1, 0.15) is 5.75 Å². The van der Waals surface area contributed by atoms with E-state index in [4.69, 9.17) is 4.74 Å². The number of thiazole rings is 2. The van der Waals surface area contributed by atoms with Gasteiger partial charge in [0.2, 0.25) is 5.78 Å². The average molecular weight is 484 g/mol. The number of benzene rings is 1. The molecule has 1 aliphatic heterocycles. The number of hydrogen-bond acceptors (Lipinski definition) is 9.